The maximum Gasteiger partial charge on any atom is 0.416 e. The fraction of sp³-hybridized carbons (Fsp3) is 0.429. The second-order valence-corrected chi connectivity index (χ2v) is 9.91. The molecule has 0 unspecified atom stereocenters. The molecule has 0 bridgehead atoms. The molecule has 0 radical (unpaired) electrons. The molecule has 0 spiro atoms. The maximum atomic E-state index is 13.7. The zero-order valence-corrected chi connectivity index (χ0v) is 20.2. The lowest BCUT2D eigenvalue weighted by Gasteiger charge is -2.19. The van der Waals surface area contributed by atoms with E-state index in [1.165, 1.54) is 12.1 Å². The monoisotopic (exact) mass is 506 g/mol. The van der Waals surface area contributed by atoms with E-state index in [-0.39, 0.29) is 35.8 Å². The molecular weight excluding hydrogens is 482 g/mol. The van der Waals surface area contributed by atoms with E-state index in [4.69, 9.17) is 0 Å². The molecule has 0 heterocycles. The van der Waals surface area contributed by atoms with Gasteiger partial charge in [0.2, 0.25) is 0 Å². The maximum absolute atomic E-state index is 13.7. The van der Waals surface area contributed by atoms with Gasteiger partial charge in [-0.15, -0.1) is 0 Å². The summed E-state index contributed by atoms with van der Waals surface area (Å²) in [6.07, 6.45) is -5.06. The highest BCUT2D eigenvalue weighted by Gasteiger charge is 2.36. The molecule has 0 amide bonds. The highest BCUT2D eigenvalue weighted by molar-refractivity contribution is 7.99. The van der Waals surface area contributed by atoms with Gasteiger partial charge in [-0.1, -0.05) is 49.3 Å². The second kappa shape index (κ2) is 9.86. The molecule has 0 aromatic heterocycles. The molecule has 184 valence electrons. The van der Waals surface area contributed by atoms with Crippen molar-refractivity contribution in [3.05, 3.63) is 57.6 Å². The van der Waals surface area contributed by atoms with Crippen LogP contribution in [0, 0.1) is 35.5 Å². The van der Waals surface area contributed by atoms with Crippen molar-refractivity contribution in [2.45, 2.75) is 74.5 Å². The van der Waals surface area contributed by atoms with Crippen LogP contribution in [0.3, 0.4) is 0 Å². The van der Waals surface area contributed by atoms with Gasteiger partial charge in [0.1, 0.15) is 0 Å². The minimum Gasteiger partial charge on any atom is -0.166 e. The molecule has 35 heavy (non-hydrogen) atoms. The third kappa shape index (κ3) is 6.01. The molecule has 2 aromatic rings. The molecule has 0 atom stereocenters. The van der Waals surface area contributed by atoms with Crippen molar-refractivity contribution in [1.29, 1.82) is 0 Å². The van der Waals surface area contributed by atoms with Gasteiger partial charge in [0, 0.05) is 32.8 Å². The van der Waals surface area contributed by atoms with Crippen molar-refractivity contribution in [1.82, 2.24) is 0 Å². The first-order chi connectivity index (χ1) is 16.5. The lowest BCUT2D eigenvalue weighted by atomic mass is 9.98. The predicted molar refractivity (Wildman–Crippen MR) is 125 cm³/mol. The largest absolute Gasteiger partial charge is 0.416 e. The van der Waals surface area contributed by atoms with E-state index in [0.29, 0.717) is 20.9 Å². The molecule has 2 fully saturated rings. The van der Waals surface area contributed by atoms with Crippen molar-refractivity contribution < 1.29 is 26.3 Å². The van der Waals surface area contributed by atoms with Gasteiger partial charge >= 0.3 is 12.4 Å². The minimum atomic E-state index is -4.52. The van der Waals surface area contributed by atoms with Crippen LogP contribution in [-0.2, 0) is 25.2 Å². The van der Waals surface area contributed by atoms with Crippen LogP contribution >= 0.6 is 11.8 Å². The number of rotatable bonds is 4. The van der Waals surface area contributed by atoms with Gasteiger partial charge < -0.3 is 0 Å². The van der Waals surface area contributed by atoms with Crippen LogP contribution in [-0.4, -0.2) is 0 Å². The quantitative estimate of drug-likeness (QED) is 0.296. The third-order valence-corrected chi connectivity index (χ3v) is 7.16. The summed E-state index contributed by atoms with van der Waals surface area (Å²) in [6.45, 7) is 3.31. The average Bonchev–Trinajstić information content (AvgIpc) is 3.70. The van der Waals surface area contributed by atoms with Gasteiger partial charge in [0.05, 0.1) is 11.1 Å². The van der Waals surface area contributed by atoms with E-state index in [9.17, 15) is 26.3 Å². The van der Waals surface area contributed by atoms with Gasteiger partial charge in [-0.25, -0.2) is 0 Å². The van der Waals surface area contributed by atoms with Crippen LogP contribution < -0.4 is 0 Å². The molecule has 0 saturated heterocycles. The predicted octanol–water partition coefficient (Wildman–Crippen LogP) is 8.52. The zero-order valence-electron chi connectivity index (χ0n) is 19.4. The Morgan fingerprint density at radius 1 is 0.686 bits per heavy atom. The van der Waals surface area contributed by atoms with Crippen LogP contribution in [0.5, 0.6) is 0 Å². The Morgan fingerprint density at radius 3 is 1.34 bits per heavy atom. The van der Waals surface area contributed by atoms with E-state index < -0.39 is 23.5 Å². The summed E-state index contributed by atoms with van der Waals surface area (Å²) in [5, 5.41) is 0. The number of benzene rings is 2. The number of hydrogen-bond acceptors (Lipinski definition) is 1. The van der Waals surface area contributed by atoms with E-state index in [1.54, 1.807) is 13.8 Å². The van der Waals surface area contributed by atoms with Gasteiger partial charge in [0.15, 0.2) is 0 Å². The SMILES string of the molecule is CCc1c(C(F)(F)F)ccc(Sc2ccc(C(F)(F)F)c(CC)c2C#CC2CC2)c1C#CC1CC1. The highest BCUT2D eigenvalue weighted by Crippen LogP contribution is 2.43. The van der Waals surface area contributed by atoms with E-state index in [0.717, 1.165) is 49.6 Å². The summed E-state index contributed by atoms with van der Waals surface area (Å²) in [4.78, 5) is 0.999. The molecule has 2 saturated carbocycles. The Bertz CT molecular complexity index is 1140. The molecule has 7 heteroatoms. The van der Waals surface area contributed by atoms with Gasteiger partial charge in [0.25, 0.3) is 0 Å². The Hall–Kier alpha value is -2.51. The molecule has 0 nitrogen and oxygen atoms in total. The topological polar surface area (TPSA) is 0 Å². The summed E-state index contributed by atoms with van der Waals surface area (Å²) in [5.74, 6) is 12.5. The fourth-order valence-corrected chi connectivity index (χ4v) is 4.95. The third-order valence-electron chi connectivity index (χ3n) is 6.04. The molecular formula is C28H24F6S. The smallest absolute Gasteiger partial charge is 0.166 e. The van der Waals surface area contributed by atoms with E-state index in [1.807, 2.05) is 0 Å². The summed E-state index contributed by atoms with van der Waals surface area (Å²) in [7, 11) is 0. The fourth-order valence-electron chi connectivity index (χ4n) is 3.88. The first kappa shape index (κ1) is 25.6. The number of halogens is 6. The molecule has 4 rings (SSSR count). The van der Waals surface area contributed by atoms with Gasteiger partial charge in [-0.05, 0) is 73.9 Å². The lowest BCUT2D eigenvalue weighted by Crippen LogP contribution is -2.12. The normalized spacial score (nSPS) is 15.8. The summed E-state index contributed by atoms with van der Waals surface area (Å²) in [5.41, 5.74) is -0.607. The Kier molecular flexibility index (Phi) is 7.21. The Labute approximate surface area is 205 Å². The van der Waals surface area contributed by atoms with Crippen LogP contribution in [0.1, 0.15) is 72.9 Å². The molecule has 0 aliphatic heterocycles. The second-order valence-electron chi connectivity index (χ2n) is 8.82. The highest BCUT2D eigenvalue weighted by atomic mass is 32.2. The number of hydrogen-bond donors (Lipinski definition) is 0. The van der Waals surface area contributed by atoms with Crippen molar-refractivity contribution in [2.75, 3.05) is 0 Å². The summed E-state index contributed by atoms with van der Waals surface area (Å²) >= 11 is 1.14. The molecule has 2 aliphatic carbocycles. The molecule has 0 N–H and O–H groups in total. The van der Waals surface area contributed by atoms with Crippen LogP contribution in [0.25, 0.3) is 0 Å². The number of alkyl halides is 6. The van der Waals surface area contributed by atoms with Gasteiger partial charge in [-0.3, -0.25) is 0 Å². The van der Waals surface area contributed by atoms with Gasteiger partial charge in [-0.2, -0.15) is 26.3 Å². The molecule has 2 aromatic carbocycles. The van der Waals surface area contributed by atoms with Crippen molar-refractivity contribution in [3.63, 3.8) is 0 Å². The van der Waals surface area contributed by atoms with Crippen LogP contribution in [0.2, 0.25) is 0 Å². The summed E-state index contributed by atoms with van der Waals surface area (Å²) in [6, 6.07) is 4.85. The van der Waals surface area contributed by atoms with Crippen LogP contribution in [0.4, 0.5) is 26.3 Å². The van der Waals surface area contributed by atoms with Crippen molar-refractivity contribution >= 4 is 11.8 Å². The van der Waals surface area contributed by atoms with E-state index >= 15 is 0 Å². The van der Waals surface area contributed by atoms with Crippen molar-refractivity contribution in [3.8, 4) is 23.7 Å². The standard InChI is InChI=1S/C28H24F6S/c1-3-19-21(11-9-17-5-6-17)25(15-13-23(19)27(29,30)31)35-26-16-14-24(28(32,33)34)20(4-2)22(26)12-10-18-7-8-18/h13-18H,3-8H2,1-2H3. The average molecular weight is 507 g/mol. The Morgan fingerprint density at radius 2 is 1.06 bits per heavy atom. The first-order valence-corrected chi connectivity index (χ1v) is 12.5. The first-order valence-electron chi connectivity index (χ1n) is 11.7. The lowest BCUT2D eigenvalue weighted by molar-refractivity contribution is -0.139. The van der Waals surface area contributed by atoms with Crippen molar-refractivity contribution in [2.24, 2.45) is 11.8 Å². The molecule has 2 aliphatic rings. The van der Waals surface area contributed by atoms with E-state index in [2.05, 4.69) is 23.7 Å². The minimum absolute atomic E-state index is 0.115. The summed E-state index contributed by atoms with van der Waals surface area (Å²) < 4.78 is 82.2. The van der Waals surface area contributed by atoms with Crippen LogP contribution in [0.15, 0.2) is 34.1 Å². The zero-order chi connectivity index (χ0) is 25.4. The Balaban J connectivity index is 1.87.